The highest BCUT2D eigenvalue weighted by atomic mass is 32.2. The zero-order chi connectivity index (χ0) is 23.5. The average molecular weight is 474 g/mol. The number of sulfonamides is 1. The minimum Gasteiger partial charge on any atom is -0.497 e. The Kier molecular flexibility index (Phi) is 6.92. The Balaban J connectivity index is 1.53. The third kappa shape index (κ3) is 5.15. The van der Waals surface area contributed by atoms with E-state index in [9.17, 15) is 13.2 Å². The normalized spacial score (nSPS) is 20.2. The average Bonchev–Trinajstić information content (AvgIpc) is 2.83. The molecule has 4 rings (SSSR count). The molecule has 2 aromatic carbocycles. The Morgan fingerprint density at radius 2 is 1.82 bits per heavy atom. The number of likely N-dealkylation sites (N-methyl/N-ethyl adjacent to an activating group) is 1. The number of amides is 1. The van der Waals surface area contributed by atoms with Gasteiger partial charge in [0.15, 0.2) is 0 Å². The van der Waals surface area contributed by atoms with E-state index in [4.69, 9.17) is 9.47 Å². The third-order valence-electron chi connectivity index (χ3n) is 6.59. The molecule has 0 saturated carbocycles. The van der Waals surface area contributed by atoms with Crippen LogP contribution in [0.15, 0.2) is 53.4 Å². The van der Waals surface area contributed by atoms with Crippen LogP contribution in [-0.2, 0) is 21.4 Å². The van der Waals surface area contributed by atoms with Gasteiger partial charge in [-0.2, -0.15) is 4.31 Å². The lowest BCUT2D eigenvalue weighted by molar-refractivity contribution is -0.121. The summed E-state index contributed by atoms with van der Waals surface area (Å²) < 4.78 is 39.6. The number of ether oxygens (including phenoxy) is 2. The first-order chi connectivity index (χ1) is 15.8. The molecule has 9 heteroatoms. The van der Waals surface area contributed by atoms with Crippen LogP contribution in [0.2, 0.25) is 0 Å². The smallest absolute Gasteiger partial charge is 0.247 e. The number of hydrogen-bond acceptors (Lipinski definition) is 6. The number of nitrogens with zero attached hydrogens (tertiary/aromatic N) is 2. The van der Waals surface area contributed by atoms with Crippen LogP contribution in [0.1, 0.15) is 18.4 Å². The van der Waals surface area contributed by atoms with Crippen LogP contribution in [0.3, 0.4) is 0 Å². The first-order valence-corrected chi connectivity index (χ1v) is 12.6. The number of carbonyl (C=O) groups is 1. The first-order valence-electron chi connectivity index (χ1n) is 11.1. The Morgan fingerprint density at radius 3 is 2.48 bits per heavy atom. The van der Waals surface area contributed by atoms with Crippen molar-refractivity contribution in [1.82, 2.24) is 14.5 Å². The van der Waals surface area contributed by atoms with E-state index in [2.05, 4.69) is 22.3 Å². The van der Waals surface area contributed by atoms with Gasteiger partial charge in [-0.05, 0) is 55.8 Å². The highest BCUT2D eigenvalue weighted by Crippen LogP contribution is 2.39. The highest BCUT2D eigenvalue weighted by Gasteiger charge is 2.43. The molecule has 2 heterocycles. The van der Waals surface area contributed by atoms with Crippen LogP contribution < -0.4 is 14.8 Å². The fourth-order valence-electron chi connectivity index (χ4n) is 4.51. The van der Waals surface area contributed by atoms with E-state index in [0.29, 0.717) is 12.4 Å². The van der Waals surface area contributed by atoms with Gasteiger partial charge in [0, 0.05) is 25.6 Å². The van der Waals surface area contributed by atoms with Crippen molar-refractivity contribution in [3.8, 4) is 11.5 Å². The van der Waals surface area contributed by atoms with Crippen LogP contribution in [-0.4, -0.2) is 70.5 Å². The molecule has 1 amide bonds. The second kappa shape index (κ2) is 9.70. The second-order valence-electron chi connectivity index (χ2n) is 8.81. The lowest BCUT2D eigenvalue weighted by atomic mass is 9.78. The summed E-state index contributed by atoms with van der Waals surface area (Å²) in [6, 6.07) is 14.7. The number of fused-ring (bicyclic) bond motifs is 1. The minimum atomic E-state index is -3.87. The first kappa shape index (κ1) is 23.5. The van der Waals surface area contributed by atoms with E-state index >= 15 is 0 Å². The van der Waals surface area contributed by atoms with Gasteiger partial charge in [0.1, 0.15) is 16.4 Å². The number of benzene rings is 2. The van der Waals surface area contributed by atoms with Crippen molar-refractivity contribution in [3.05, 3.63) is 54.1 Å². The molecular formula is C24H31N3O5S. The summed E-state index contributed by atoms with van der Waals surface area (Å²) in [7, 11) is -0.698. The molecule has 1 fully saturated rings. The molecule has 2 aliphatic rings. The summed E-state index contributed by atoms with van der Waals surface area (Å²) in [6.07, 6.45) is 1.57. The van der Waals surface area contributed by atoms with Gasteiger partial charge in [-0.25, -0.2) is 8.42 Å². The van der Waals surface area contributed by atoms with E-state index in [-0.39, 0.29) is 29.3 Å². The van der Waals surface area contributed by atoms with Crippen molar-refractivity contribution in [2.75, 3.05) is 46.9 Å². The fourth-order valence-corrected chi connectivity index (χ4v) is 6.16. The van der Waals surface area contributed by atoms with Gasteiger partial charge in [-0.15, -0.1) is 0 Å². The standard InChI is InChI=1S/C24H31N3O5S/c1-25-23(28)16-27-17-24(18-32-21-5-3-4-6-22(21)33(27,29)30)11-13-26(14-12-24)15-19-7-9-20(31-2)10-8-19/h3-10H,11-18H2,1-2H3,(H,25,28). The van der Waals surface area contributed by atoms with Crippen molar-refractivity contribution >= 4 is 15.9 Å². The number of rotatable bonds is 5. The quantitative estimate of drug-likeness (QED) is 0.716. The number of para-hydroxylation sites is 1. The summed E-state index contributed by atoms with van der Waals surface area (Å²) >= 11 is 0. The largest absolute Gasteiger partial charge is 0.497 e. The zero-order valence-electron chi connectivity index (χ0n) is 19.1. The number of hydrogen-bond donors (Lipinski definition) is 1. The van der Waals surface area contributed by atoms with Gasteiger partial charge in [0.05, 0.1) is 20.3 Å². The fraction of sp³-hybridized carbons (Fsp3) is 0.458. The highest BCUT2D eigenvalue weighted by molar-refractivity contribution is 7.89. The van der Waals surface area contributed by atoms with Crippen molar-refractivity contribution in [1.29, 1.82) is 0 Å². The Morgan fingerprint density at radius 1 is 1.12 bits per heavy atom. The molecule has 1 N–H and O–H groups in total. The maximum absolute atomic E-state index is 13.5. The molecule has 2 aromatic rings. The van der Waals surface area contributed by atoms with Gasteiger partial charge in [-0.1, -0.05) is 24.3 Å². The Hall–Kier alpha value is -2.62. The lowest BCUT2D eigenvalue weighted by Crippen LogP contribution is -2.53. The Bertz CT molecular complexity index is 1080. The predicted molar refractivity (Wildman–Crippen MR) is 125 cm³/mol. The monoisotopic (exact) mass is 473 g/mol. The van der Waals surface area contributed by atoms with E-state index in [1.54, 1.807) is 25.3 Å². The molecule has 0 unspecified atom stereocenters. The molecular weight excluding hydrogens is 442 g/mol. The molecule has 33 heavy (non-hydrogen) atoms. The molecule has 178 valence electrons. The molecule has 0 aliphatic carbocycles. The van der Waals surface area contributed by atoms with Gasteiger partial charge < -0.3 is 14.8 Å². The van der Waals surface area contributed by atoms with Crippen molar-refractivity contribution in [3.63, 3.8) is 0 Å². The Labute approximate surface area is 195 Å². The number of piperidine rings is 1. The summed E-state index contributed by atoms with van der Waals surface area (Å²) in [5.41, 5.74) is 0.851. The van der Waals surface area contributed by atoms with Crippen LogP contribution in [0, 0.1) is 5.41 Å². The summed E-state index contributed by atoms with van der Waals surface area (Å²) in [5, 5.41) is 2.55. The zero-order valence-corrected chi connectivity index (χ0v) is 19.9. The predicted octanol–water partition coefficient (Wildman–Crippen LogP) is 2.11. The van der Waals surface area contributed by atoms with Crippen molar-refractivity contribution < 1.29 is 22.7 Å². The van der Waals surface area contributed by atoms with E-state index in [1.165, 1.54) is 23.0 Å². The van der Waals surface area contributed by atoms with Crippen molar-refractivity contribution in [2.45, 2.75) is 24.3 Å². The van der Waals surface area contributed by atoms with E-state index < -0.39 is 10.0 Å². The number of methoxy groups -OCH3 is 1. The molecule has 0 aromatic heterocycles. The van der Waals surface area contributed by atoms with Crippen molar-refractivity contribution in [2.24, 2.45) is 5.41 Å². The maximum atomic E-state index is 13.5. The van der Waals surface area contributed by atoms with Gasteiger partial charge >= 0.3 is 0 Å². The van der Waals surface area contributed by atoms with E-state index in [1.807, 2.05) is 12.1 Å². The summed E-state index contributed by atoms with van der Waals surface area (Å²) in [4.78, 5) is 14.7. The summed E-state index contributed by atoms with van der Waals surface area (Å²) in [6.45, 7) is 2.94. The molecule has 2 aliphatic heterocycles. The molecule has 0 radical (unpaired) electrons. The van der Waals surface area contributed by atoms with Crippen LogP contribution in [0.4, 0.5) is 0 Å². The third-order valence-corrected chi connectivity index (χ3v) is 8.42. The van der Waals surface area contributed by atoms with Crippen LogP contribution >= 0.6 is 0 Å². The topological polar surface area (TPSA) is 88.2 Å². The van der Waals surface area contributed by atoms with Crippen LogP contribution in [0.25, 0.3) is 0 Å². The maximum Gasteiger partial charge on any atom is 0.247 e. The molecule has 0 atom stereocenters. The van der Waals surface area contributed by atoms with Gasteiger partial charge in [0.25, 0.3) is 0 Å². The second-order valence-corrected chi connectivity index (χ2v) is 10.7. The minimum absolute atomic E-state index is 0.112. The molecule has 1 saturated heterocycles. The number of nitrogens with one attached hydrogen (secondary N) is 1. The van der Waals surface area contributed by atoms with Gasteiger partial charge in [-0.3, -0.25) is 9.69 Å². The number of likely N-dealkylation sites (tertiary alicyclic amines) is 1. The number of carbonyl (C=O) groups excluding carboxylic acids is 1. The molecule has 8 nitrogen and oxygen atoms in total. The summed E-state index contributed by atoms with van der Waals surface area (Å²) in [5.74, 6) is 0.851. The van der Waals surface area contributed by atoms with E-state index in [0.717, 1.165) is 38.2 Å². The van der Waals surface area contributed by atoms with Crippen LogP contribution in [0.5, 0.6) is 11.5 Å². The lowest BCUT2D eigenvalue weighted by Gasteiger charge is -2.44. The van der Waals surface area contributed by atoms with Gasteiger partial charge in [0.2, 0.25) is 15.9 Å². The molecule has 1 spiro atoms. The SMILES string of the molecule is CNC(=O)CN1CC2(CCN(Cc3ccc(OC)cc3)CC2)COc2ccccc2S1(=O)=O. The molecule has 0 bridgehead atoms.